The smallest absolute Gasteiger partial charge is 1.00 e. The average molecular weight is 1310 g/mol. The van der Waals surface area contributed by atoms with Crippen LogP contribution in [-0.2, 0) is 9.68 Å². The summed E-state index contributed by atoms with van der Waals surface area (Å²) in [5.74, 6) is -1.75. The molecule has 0 bridgehead atoms. The Hall–Kier alpha value is -9.16. The second-order valence-corrected chi connectivity index (χ2v) is 22.6. The van der Waals surface area contributed by atoms with E-state index in [2.05, 4.69) is 150 Å². The molecular formula is C85H56F2K2O7. The van der Waals surface area contributed by atoms with E-state index in [1.807, 2.05) is 121 Å². The molecule has 7 nitrogen and oxygen atoms in total. The Morgan fingerprint density at radius 1 is 0.292 bits per heavy atom. The van der Waals surface area contributed by atoms with E-state index in [9.17, 15) is 10.2 Å². The van der Waals surface area contributed by atoms with E-state index in [0.29, 0.717) is 11.1 Å². The molecule has 16 rings (SSSR count). The maximum atomic E-state index is 15.8. The number of phenolic OH excluding ortho intramolecular Hbond substituents is 2. The van der Waals surface area contributed by atoms with E-state index >= 15 is 8.78 Å². The van der Waals surface area contributed by atoms with Crippen molar-refractivity contribution < 1.29 is 147 Å². The number of phenols is 2. The SMILES string of the molecule is O=CO[O-].Oc1c(-c2cccc(-c3ccccc3)c2)cccc1-c1cc(F)c(-c2cccc(-c3cccc(-c4ccccc4)c3)c2O)cc1F.[H-].[K+].[K+].c1ccc(-c2cccc(-c3cccc4c3oc3cc5c(cc34)oc3c(-c4cccc(-c6ccccc6)c4)cccc35)c2)cc1. The van der Waals surface area contributed by atoms with Crippen molar-refractivity contribution in [3.05, 3.63) is 327 Å². The van der Waals surface area contributed by atoms with E-state index in [1.165, 1.54) is 22.3 Å². The van der Waals surface area contributed by atoms with Gasteiger partial charge in [-0.1, -0.05) is 267 Å². The van der Waals surface area contributed by atoms with Gasteiger partial charge in [-0.25, -0.2) is 8.78 Å². The standard InChI is InChI=1S/C42H28F2O2.C42H26O2.CH2O3.2K.H/c43-39-26-38(36-22-10-20-34(42(36)46)32-18-8-16-30(24-32)28-13-5-2-6-14-28)40(44)25-37(39)35-21-9-19-33(41(35)45)31-17-7-15-29(23-31)27-11-3-1-4-12-27;1-3-11-27(12-4-1)29-15-7-17-31(23-29)33-19-9-21-35-37-25-40-38(26-39(37)43-41(33)35)36-22-10-20-34(42(36)44-40)32-18-8-16-30(24-32)28-13-5-2-6-14-28;2-1-4-3;;;/h1-26,45-46H;1-26H;1,3H;;;/q;;;2*+1;-1/p-1. The minimum absolute atomic E-state index is 0. The first-order valence-corrected chi connectivity index (χ1v) is 30.5. The maximum Gasteiger partial charge on any atom is 1.00 e. The van der Waals surface area contributed by atoms with Crippen molar-refractivity contribution in [1.82, 2.24) is 0 Å². The van der Waals surface area contributed by atoms with E-state index in [4.69, 9.17) is 18.9 Å². The predicted octanol–water partition coefficient (Wildman–Crippen LogP) is 16.1. The number of hydrogen-bond donors (Lipinski definition) is 2. The topological polar surface area (TPSA) is 116 Å². The Morgan fingerprint density at radius 3 is 0.854 bits per heavy atom. The fraction of sp³-hybridized carbons (Fsp3) is 0. The normalized spacial score (nSPS) is 10.8. The molecule has 0 amide bonds. The summed E-state index contributed by atoms with van der Waals surface area (Å²) < 4.78 is 45.0. The van der Waals surface area contributed by atoms with Crippen molar-refractivity contribution in [3.63, 3.8) is 0 Å². The van der Waals surface area contributed by atoms with Gasteiger partial charge in [0.05, 0.1) is 0 Å². The minimum atomic E-state index is -0.724. The molecule has 0 radical (unpaired) electrons. The van der Waals surface area contributed by atoms with Gasteiger partial charge in [0.15, 0.2) is 0 Å². The van der Waals surface area contributed by atoms with Crippen molar-refractivity contribution in [2.24, 2.45) is 0 Å². The number of rotatable bonds is 11. The molecule has 0 aliphatic heterocycles. The van der Waals surface area contributed by atoms with Crippen molar-refractivity contribution in [2.45, 2.75) is 0 Å². The summed E-state index contributed by atoms with van der Waals surface area (Å²) in [6, 6.07) is 103. The number of fused-ring (bicyclic) bond motifs is 6. The quantitative estimate of drug-likeness (QED) is 0.0573. The van der Waals surface area contributed by atoms with Crippen LogP contribution in [-0.4, -0.2) is 16.7 Å². The summed E-state index contributed by atoms with van der Waals surface area (Å²) in [6.07, 6.45) is 0. The van der Waals surface area contributed by atoms with Gasteiger partial charge in [-0.2, -0.15) is 0 Å². The molecule has 16 aromatic rings. The number of carbonyl (C=O) groups is 1. The zero-order valence-corrected chi connectivity index (χ0v) is 58.5. The van der Waals surface area contributed by atoms with Crippen molar-refractivity contribution in [2.75, 3.05) is 0 Å². The van der Waals surface area contributed by atoms with Crippen LogP contribution in [0.15, 0.2) is 324 Å². The van der Waals surface area contributed by atoms with Crippen LogP contribution in [0.5, 0.6) is 11.5 Å². The number of para-hydroxylation sites is 4. The van der Waals surface area contributed by atoms with Crippen LogP contribution < -0.4 is 108 Å². The van der Waals surface area contributed by atoms with Crippen molar-refractivity contribution >= 4 is 50.3 Å². The molecule has 14 aromatic carbocycles. The van der Waals surface area contributed by atoms with Gasteiger partial charge in [-0.05, 0) is 115 Å². The van der Waals surface area contributed by atoms with Crippen LogP contribution >= 0.6 is 0 Å². The van der Waals surface area contributed by atoms with Gasteiger partial charge < -0.3 is 30.6 Å². The zero-order valence-electron chi connectivity index (χ0n) is 53.3. The van der Waals surface area contributed by atoms with E-state index in [1.54, 1.807) is 36.4 Å². The molecule has 2 aromatic heterocycles. The molecule has 0 fully saturated rings. The Balaban J connectivity index is 0.000000181. The fourth-order valence-electron chi connectivity index (χ4n) is 12.5. The van der Waals surface area contributed by atoms with Crippen molar-refractivity contribution in [3.8, 4) is 123 Å². The molecule has 0 saturated heterocycles. The first-order chi connectivity index (χ1) is 46.2. The van der Waals surface area contributed by atoms with E-state index in [0.717, 1.165) is 112 Å². The molecule has 0 aliphatic rings. The number of benzene rings is 14. The molecule has 0 saturated carbocycles. The third kappa shape index (κ3) is 13.8. The Labute approximate surface area is 639 Å². The van der Waals surface area contributed by atoms with Gasteiger partial charge in [0.25, 0.3) is 6.47 Å². The zero-order chi connectivity index (χ0) is 64.1. The van der Waals surface area contributed by atoms with E-state index < -0.39 is 11.6 Å². The number of furan rings is 2. The molecule has 0 unspecified atom stereocenters. The molecule has 11 heteroatoms. The number of halogens is 2. The largest absolute Gasteiger partial charge is 1.00 e. The van der Waals surface area contributed by atoms with Crippen LogP contribution in [0.25, 0.3) is 155 Å². The third-order valence-electron chi connectivity index (χ3n) is 17.0. The Morgan fingerprint density at radius 2 is 0.542 bits per heavy atom. The fourth-order valence-corrected chi connectivity index (χ4v) is 12.5. The average Bonchev–Trinajstić information content (AvgIpc) is 1.63. The predicted molar refractivity (Wildman–Crippen MR) is 373 cm³/mol. The van der Waals surface area contributed by atoms with Gasteiger partial charge in [-0.3, -0.25) is 4.79 Å². The molecule has 2 N–H and O–H groups in total. The molecule has 0 atom stereocenters. The molecule has 454 valence electrons. The first-order valence-electron chi connectivity index (χ1n) is 30.5. The summed E-state index contributed by atoms with van der Waals surface area (Å²) >= 11 is 0. The summed E-state index contributed by atoms with van der Waals surface area (Å²) in [5.41, 5.74) is 19.4. The summed E-state index contributed by atoms with van der Waals surface area (Å²) in [5, 5.41) is 35.4. The Kier molecular flexibility index (Phi) is 21.1. The molecule has 2 heterocycles. The van der Waals surface area contributed by atoms with E-state index in [-0.39, 0.29) is 144 Å². The van der Waals surface area contributed by atoms with Crippen molar-refractivity contribution in [1.29, 1.82) is 0 Å². The second kappa shape index (κ2) is 30.3. The maximum absolute atomic E-state index is 15.8. The summed E-state index contributed by atoms with van der Waals surface area (Å²) in [7, 11) is 0. The molecular weight excluding hydrogens is 1250 g/mol. The van der Waals surface area contributed by atoms with Gasteiger partial charge >= 0.3 is 103 Å². The van der Waals surface area contributed by atoms with Crippen LogP contribution in [0.2, 0.25) is 0 Å². The monoisotopic (exact) mass is 1300 g/mol. The van der Waals surface area contributed by atoms with Gasteiger partial charge in [0.2, 0.25) is 0 Å². The van der Waals surface area contributed by atoms with Gasteiger partial charge in [0.1, 0.15) is 45.5 Å². The van der Waals surface area contributed by atoms with Gasteiger partial charge in [0, 0.05) is 66.1 Å². The summed E-state index contributed by atoms with van der Waals surface area (Å²) in [4.78, 5) is 11.2. The number of aromatic hydroxyl groups is 2. The van der Waals surface area contributed by atoms with Crippen LogP contribution in [0, 0.1) is 11.6 Å². The summed E-state index contributed by atoms with van der Waals surface area (Å²) in [6.45, 7) is -0.181. The minimum Gasteiger partial charge on any atom is -1.00 e. The third-order valence-corrected chi connectivity index (χ3v) is 17.0. The number of carbonyl (C=O) groups excluding carboxylic acids is 1. The first kappa shape index (κ1) is 66.8. The number of hydrogen-bond acceptors (Lipinski definition) is 7. The Bertz CT molecular complexity index is 5120. The van der Waals surface area contributed by atoms with Crippen LogP contribution in [0.4, 0.5) is 8.78 Å². The molecule has 96 heavy (non-hydrogen) atoms. The van der Waals surface area contributed by atoms with Crippen LogP contribution in [0.1, 0.15) is 1.43 Å². The second-order valence-electron chi connectivity index (χ2n) is 22.6. The van der Waals surface area contributed by atoms with Gasteiger partial charge in [-0.15, -0.1) is 0 Å². The van der Waals surface area contributed by atoms with Crippen LogP contribution in [0.3, 0.4) is 0 Å². The molecule has 0 spiro atoms. The molecule has 0 aliphatic carbocycles.